The van der Waals surface area contributed by atoms with Gasteiger partial charge in [-0.3, -0.25) is 4.98 Å². The van der Waals surface area contributed by atoms with E-state index in [1.807, 2.05) is 31.2 Å². The van der Waals surface area contributed by atoms with E-state index < -0.39 is 0 Å². The van der Waals surface area contributed by atoms with Gasteiger partial charge in [-0.25, -0.2) is 0 Å². The zero-order valence-electron chi connectivity index (χ0n) is 14.5. The molecular formula is C20H23N3O2. The first-order valence-corrected chi connectivity index (χ1v) is 9.02. The van der Waals surface area contributed by atoms with Crippen molar-refractivity contribution in [2.75, 3.05) is 24.6 Å². The number of benzene rings is 1. The zero-order chi connectivity index (χ0) is 17.4. The fourth-order valence-corrected chi connectivity index (χ4v) is 4.51. The first-order chi connectivity index (χ1) is 12.2. The standard InChI is InChI=1S/C20H23N3O2/c1-2-25-18-11-17(24)20(18)7-9-23(10-8-20)19-14(12-21)13-22-16-6-4-3-5-15(16)19/h3-6,13,17-18,24H,2,7-11H2,1H3/t17-,18+/m1/s1. The smallest absolute Gasteiger partial charge is 0.103 e. The van der Waals surface area contributed by atoms with Crippen molar-refractivity contribution < 1.29 is 9.84 Å². The van der Waals surface area contributed by atoms with E-state index >= 15 is 0 Å². The number of nitriles is 1. The maximum Gasteiger partial charge on any atom is 0.103 e. The highest BCUT2D eigenvalue weighted by Gasteiger charge is 2.56. The molecule has 2 fully saturated rings. The summed E-state index contributed by atoms with van der Waals surface area (Å²) in [6.07, 6.45) is 4.09. The van der Waals surface area contributed by atoms with E-state index in [-0.39, 0.29) is 17.6 Å². The molecule has 5 heteroatoms. The number of ether oxygens (including phenoxy) is 1. The van der Waals surface area contributed by atoms with E-state index in [4.69, 9.17) is 4.74 Å². The average molecular weight is 337 g/mol. The van der Waals surface area contributed by atoms with Crippen LogP contribution >= 0.6 is 0 Å². The number of anilines is 1. The third-order valence-electron chi connectivity index (χ3n) is 5.99. The lowest BCUT2D eigenvalue weighted by atomic mass is 9.58. The maximum atomic E-state index is 10.4. The summed E-state index contributed by atoms with van der Waals surface area (Å²) in [6.45, 7) is 4.35. The van der Waals surface area contributed by atoms with Gasteiger partial charge < -0.3 is 14.7 Å². The van der Waals surface area contributed by atoms with Crippen molar-refractivity contribution in [1.82, 2.24) is 4.98 Å². The lowest BCUT2D eigenvalue weighted by Gasteiger charge is -2.57. The SMILES string of the molecule is CCO[C@H]1C[C@@H](O)C12CCN(c1c(C#N)cnc3ccccc13)CC2. The fourth-order valence-electron chi connectivity index (χ4n) is 4.51. The Bertz CT molecular complexity index is 819. The minimum atomic E-state index is -0.268. The summed E-state index contributed by atoms with van der Waals surface area (Å²) < 4.78 is 5.86. The van der Waals surface area contributed by atoms with Crippen molar-refractivity contribution in [3.8, 4) is 6.07 Å². The van der Waals surface area contributed by atoms with Crippen LogP contribution in [-0.4, -0.2) is 42.0 Å². The Kier molecular flexibility index (Phi) is 4.10. The van der Waals surface area contributed by atoms with Crippen LogP contribution in [0.1, 0.15) is 31.7 Å². The molecule has 1 aliphatic carbocycles. The van der Waals surface area contributed by atoms with Crippen LogP contribution in [0.5, 0.6) is 0 Å². The zero-order valence-corrected chi connectivity index (χ0v) is 14.5. The summed E-state index contributed by atoms with van der Waals surface area (Å²) in [7, 11) is 0. The number of para-hydroxylation sites is 1. The largest absolute Gasteiger partial charge is 0.392 e. The summed E-state index contributed by atoms with van der Waals surface area (Å²) in [5.41, 5.74) is 2.39. The summed E-state index contributed by atoms with van der Waals surface area (Å²) in [5.74, 6) is 0. The first kappa shape index (κ1) is 16.3. The molecule has 1 saturated heterocycles. The third kappa shape index (κ3) is 2.48. The molecule has 1 saturated carbocycles. The lowest BCUT2D eigenvalue weighted by Crippen LogP contribution is -2.62. The van der Waals surface area contributed by atoms with E-state index in [9.17, 15) is 10.4 Å². The van der Waals surface area contributed by atoms with Gasteiger partial charge in [0.15, 0.2) is 0 Å². The minimum absolute atomic E-state index is 0.109. The highest BCUT2D eigenvalue weighted by Crippen LogP contribution is 2.51. The molecule has 2 aromatic rings. The summed E-state index contributed by atoms with van der Waals surface area (Å²) >= 11 is 0. The summed E-state index contributed by atoms with van der Waals surface area (Å²) in [6, 6.07) is 10.3. The van der Waals surface area contributed by atoms with Crippen LogP contribution in [0.25, 0.3) is 10.9 Å². The lowest BCUT2D eigenvalue weighted by molar-refractivity contribution is -0.199. The number of aliphatic hydroxyl groups is 1. The summed E-state index contributed by atoms with van der Waals surface area (Å²) in [5, 5.41) is 21.0. The quantitative estimate of drug-likeness (QED) is 0.933. The Morgan fingerprint density at radius 2 is 2.12 bits per heavy atom. The van der Waals surface area contributed by atoms with Crippen LogP contribution < -0.4 is 4.90 Å². The molecule has 0 bridgehead atoms. The molecular weight excluding hydrogens is 314 g/mol. The Morgan fingerprint density at radius 3 is 2.80 bits per heavy atom. The topological polar surface area (TPSA) is 69.4 Å². The van der Waals surface area contributed by atoms with Crippen LogP contribution in [0.2, 0.25) is 0 Å². The van der Waals surface area contributed by atoms with Gasteiger partial charge in [-0.05, 0) is 25.8 Å². The highest BCUT2D eigenvalue weighted by molar-refractivity contribution is 5.94. The molecule has 1 aromatic heterocycles. The second-order valence-corrected chi connectivity index (χ2v) is 7.07. The van der Waals surface area contributed by atoms with Crippen LogP contribution in [0, 0.1) is 16.7 Å². The van der Waals surface area contributed by atoms with E-state index in [2.05, 4.69) is 16.0 Å². The molecule has 2 heterocycles. The van der Waals surface area contributed by atoms with E-state index in [0.29, 0.717) is 12.2 Å². The number of hydrogen-bond acceptors (Lipinski definition) is 5. The molecule has 1 aromatic carbocycles. The molecule has 0 amide bonds. The van der Waals surface area contributed by atoms with E-state index in [0.717, 1.165) is 48.9 Å². The molecule has 4 rings (SSSR count). The Hall–Kier alpha value is -2.16. The van der Waals surface area contributed by atoms with Gasteiger partial charge in [-0.1, -0.05) is 18.2 Å². The molecule has 0 unspecified atom stereocenters. The van der Waals surface area contributed by atoms with Crippen molar-refractivity contribution in [2.45, 2.75) is 38.4 Å². The number of aromatic nitrogens is 1. The number of hydrogen-bond donors (Lipinski definition) is 1. The van der Waals surface area contributed by atoms with Gasteiger partial charge in [0, 0.05) is 43.1 Å². The van der Waals surface area contributed by atoms with E-state index in [1.54, 1.807) is 6.20 Å². The molecule has 1 spiro atoms. The molecule has 2 atom stereocenters. The van der Waals surface area contributed by atoms with Gasteiger partial charge in [0.1, 0.15) is 6.07 Å². The predicted molar refractivity (Wildman–Crippen MR) is 96.4 cm³/mol. The minimum Gasteiger partial charge on any atom is -0.392 e. The number of rotatable bonds is 3. The van der Waals surface area contributed by atoms with Gasteiger partial charge in [0.25, 0.3) is 0 Å². The molecule has 25 heavy (non-hydrogen) atoms. The van der Waals surface area contributed by atoms with Gasteiger partial charge in [-0.15, -0.1) is 0 Å². The van der Waals surface area contributed by atoms with Crippen LogP contribution in [0.15, 0.2) is 30.5 Å². The van der Waals surface area contributed by atoms with E-state index in [1.165, 1.54) is 0 Å². The van der Waals surface area contributed by atoms with Crippen LogP contribution in [0.4, 0.5) is 5.69 Å². The molecule has 1 N–H and O–H groups in total. The summed E-state index contributed by atoms with van der Waals surface area (Å²) in [4.78, 5) is 6.68. The number of aliphatic hydroxyl groups excluding tert-OH is 1. The third-order valence-corrected chi connectivity index (χ3v) is 5.99. The van der Waals surface area contributed by atoms with Crippen molar-refractivity contribution in [3.05, 3.63) is 36.0 Å². The molecule has 0 radical (unpaired) electrons. The van der Waals surface area contributed by atoms with Gasteiger partial charge in [0.2, 0.25) is 0 Å². The van der Waals surface area contributed by atoms with Crippen molar-refractivity contribution in [1.29, 1.82) is 5.26 Å². The highest BCUT2D eigenvalue weighted by atomic mass is 16.5. The van der Waals surface area contributed by atoms with Crippen molar-refractivity contribution >= 4 is 16.6 Å². The van der Waals surface area contributed by atoms with Crippen molar-refractivity contribution in [2.24, 2.45) is 5.41 Å². The van der Waals surface area contributed by atoms with Crippen LogP contribution in [-0.2, 0) is 4.74 Å². The number of pyridine rings is 1. The van der Waals surface area contributed by atoms with Gasteiger partial charge >= 0.3 is 0 Å². The molecule has 1 aliphatic heterocycles. The number of nitrogens with zero attached hydrogens (tertiary/aromatic N) is 3. The normalized spacial score (nSPS) is 24.9. The Balaban J connectivity index is 1.63. The molecule has 5 nitrogen and oxygen atoms in total. The van der Waals surface area contributed by atoms with Gasteiger partial charge in [-0.2, -0.15) is 5.26 Å². The number of piperidine rings is 1. The molecule has 2 aliphatic rings. The second-order valence-electron chi connectivity index (χ2n) is 7.07. The van der Waals surface area contributed by atoms with Crippen molar-refractivity contribution in [3.63, 3.8) is 0 Å². The van der Waals surface area contributed by atoms with Crippen LogP contribution in [0.3, 0.4) is 0 Å². The average Bonchev–Trinajstić information content (AvgIpc) is 2.67. The molecule has 130 valence electrons. The maximum absolute atomic E-state index is 10.4. The first-order valence-electron chi connectivity index (χ1n) is 9.02. The second kappa shape index (κ2) is 6.29. The van der Waals surface area contributed by atoms with Gasteiger partial charge in [0.05, 0.1) is 29.0 Å². The Morgan fingerprint density at radius 1 is 1.36 bits per heavy atom. The number of fused-ring (bicyclic) bond motifs is 1. The fraction of sp³-hybridized carbons (Fsp3) is 0.500. The predicted octanol–water partition coefficient (Wildman–Crippen LogP) is 2.86. The monoisotopic (exact) mass is 337 g/mol. The Labute approximate surface area is 147 Å².